The van der Waals surface area contributed by atoms with Gasteiger partial charge in [0.2, 0.25) is 5.91 Å². The summed E-state index contributed by atoms with van der Waals surface area (Å²) in [5.74, 6) is 0.155. The summed E-state index contributed by atoms with van der Waals surface area (Å²) in [4.78, 5) is 51.9. The van der Waals surface area contributed by atoms with E-state index in [2.05, 4.69) is 25.2 Å². The fraction of sp³-hybridized carbons (Fsp3) is 0.296. The molecular formula is C27H26N8O3. The Balaban J connectivity index is 1.04. The zero-order chi connectivity index (χ0) is 26.1. The Morgan fingerprint density at radius 1 is 0.842 bits per heavy atom. The van der Waals surface area contributed by atoms with E-state index in [1.165, 1.54) is 11.2 Å². The maximum atomic E-state index is 12.9. The lowest BCUT2D eigenvalue weighted by atomic mass is 10.1. The van der Waals surface area contributed by atoms with Crippen LogP contribution in [0.15, 0.2) is 60.9 Å². The highest BCUT2D eigenvalue weighted by Crippen LogP contribution is 2.24. The van der Waals surface area contributed by atoms with Gasteiger partial charge in [-0.05, 0) is 24.1 Å². The van der Waals surface area contributed by atoms with Gasteiger partial charge in [-0.3, -0.25) is 19.3 Å². The Morgan fingerprint density at radius 3 is 2.24 bits per heavy atom. The van der Waals surface area contributed by atoms with Crippen LogP contribution < -0.4 is 4.90 Å². The van der Waals surface area contributed by atoms with Gasteiger partial charge in [-0.25, -0.2) is 14.6 Å². The molecule has 0 unspecified atom stereocenters. The molecule has 0 spiro atoms. The topological polar surface area (TPSA) is 117 Å². The second-order valence-electron chi connectivity index (χ2n) is 9.38. The number of piperazine rings is 1. The molecule has 0 radical (unpaired) electrons. The summed E-state index contributed by atoms with van der Waals surface area (Å²) < 4.78 is 1.77. The molecule has 11 heteroatoms. The lowest BCUT2D eigenvalue weighted by molar-refractivity contribution is -0.131. The highest BCUT2D eigenvalue weighted by atomic mass is 16.2. The predicted octanol–water partition coefficient (Wildman–Crippen LogP) is 1.99. The number of nitrogens with zero attached hydrogens (tertiary/aromatic N) is 8. The molecule has 0 saturated carbocycles. The van der Waals surface area contributed by atoms with Crippen LogP contribution in [0.25, 0.3) is 11.2 Å². The number of rotatable bonds is 7. The van der Waals surface area contributed by atoms with Crippen LogP contribution in [0.2, 0.25) is 0 Å². The average Bonchev–Trinajstić information content (AvgIpc) is 3.48. The van der Waals surface area contributed by atoms with Gasteiger partial charge >= 0.3 is 0 Å². The number of carbonyl (C=O) groups excluding carboxylic acids is 3. The van der Waals surface area contributed by atoms with Crippen molar-refractivity contribution in [1.29, 1.82) is 0 Å². The van der Waals surface area contributed by atoms with Gasteiger partial charge in [0, 0.05) is 39.1 Å². The van der Waals surface area contributed by atoms with Crippen LogP contribution in [0.5, 0.6) is 0 Å². The van der Waals surface area contributed by atoms with Crippen molar-refractivity contribution < 1.29 is 14.4 Å². The van der Waals surface area contributed by atoms with Crippen molar-refractivity contribution in [2.45, 2.75) is 19.4 Å². The summed E-state index contributed by atoms with van der Waals surface area (Å²) in [7, 11) is 0. The molecule has 0 N–H and O–H groups in total. The smallest absolute Gasteiger partial charge is 0.261 e. The Labute approximate surface area is 218 Å². The lowest BCUT2D eigenvalue weighted by Crippen LogP contribution is -2.49. The van der Waals surface area contributed by atoms with Gasteiger partial charge in [0.25, 0.3) is 11.8 Å². The van der Waals surface area contributed by atoms with Crippen molar-refractivity contribution in [3.63, 3.8) is 0 Å². The maximum absolute atomic E-state index is 12.9. The molecule has 0 atom stereocenters. The molecule has 2 aliphatic rings. The Kier molecular flexibility index (Phi) is 6.24. The monoisotopic (exact) mass is 510 g/mol. The maximum Gasteiger partial charge on any atom is 0.261 e. The van der Waals surface area contributed by atoms with Crippen molar-refractivity contribution in [3.05, 3.63) is 77.6 Å². The molecule has 1 fully saturated rings. The van der Waals surface area contributed by atoms with Crippen LogP contribution in [0, 0.1) is 0 Å². The third-order valence-corrected chi connectivity index (χ3v) is 7.04. The molecule has 6 rings (SSSR count). The largest absolute Gasteiger partial charge is 0.351 e. The molecule has 38 heavy (non-hydrogen) atoms. The number of carbonyl (C=O) groups is 3. The molecule has 3 amide bonds. The number of amides is 3. The second kappa shape index (κ2) is 10.0. The summed E-state index contributed by atoms with van der Waals surface area (Å²) in [6, 6.07) is 16.8. The van der Waals surface area contributed by atoms with Gasteiger partial charge in [-0.15, -0.1) is 5.10 Å². The van der Waals surface area contributed by atoms with Crippen LogP contribution >= 0.6 is 0 Å². The van der Waals surface area contributed by atoms with Crippen LogP contribution in [0.4, 0.5) is 5.82 Å². The van der Waals surface area contributed by atoms with E-state index >= 15 is 0 Å². The Morgan fingerprint density at radius 2 is 1.53 bits per heavy atom. The number of hydrogen-bond acceptors (Lipinski definition) is 8. The number of anilines is 1. The van der Waals surface area contributed by atoms with E-state index in [1.807, 2.05) is 35.2 Å². The fourth-order valence-corrected chi connectivity index (χ4v) is 5.03. The van der Waals surface area contributed by atoms with Crippen molar-refractivity contribution in [2.75, 3.05) is 37.6 Å². The number of imide groups is 1. The van der Waals surface area contributed by atoms with Crippen LogP contribution in [-0.2, 0) is 11.3 Å². The number of benzene rings is 2. The molecule has 2 aromatic heterocycles. The third-order valence-electron chi connectivity index (χ3n) is 7.04. The first kappa shape index (κ1) is 23.7. The summed E-state index contributed by atoms with van der Waals surface area (Å²) in [6.07, 6.45) is 2.24. The number of fused-ring (bicyclic) bond motifs is 2. The Hall–Kier alpha value is -4.67. The molecule has 0 bridgehead atoms. The van der Waals surface area contributed by atoms with Gasteiger partial charge < -0.3 is 9.80 Å². The van der Waals surface area contributed by atoms with Gasteiger partial charge in [0.15, 0.2) is 17.0 Å². The lowest BCUT2D eigenvalue weighted by Gasteiger charge is -2.35. The van der Waals surface area contributed by atoms with Gasteiger partial charge in [-0.2, -0.15) is 0 Å². The zero-order valence-corrected chi connectivity index (χ0v) is 20.7. The van der Waals surface area contributed by atoms with E-state index in [1.54, 1.807) is 28.9 Å². The number of hydrogen-bond donors (Lipinski definition) is 0. The van der Waals surface area contributed by atoms with E-state index in [0.29, 0.717) is 67.3 Å². The first-order valence-corrected chi connectivity index (χ1v) is 12.7. The summed E-state index contributed by atoms with van der Waals surface area (Å²) >= 11 is 0. The molecular weight excluding hydrogens is 484 g/mol. The van der Waals surface area contributed by atoms with Gasteiger partial charge in [-0.1, -0.05) is 47.7 Å². The van der Waals surface area contributed by atoms with Gasteiger partial charge in [0.1, 0.15) is 6.33 Å². The van der Waals surface area contributed by atoms with E-state index < -0.39 is 0 Å². The summed E-state index contributed by atoms with van der Waals surface area (Å²) in [5.41, 5.74) is 3.28. The molecule has 0 aliphatic carbocycles. The Bertz CT molecular complexity index is 1480. The average molecular weight is 511 g/mol. The summed E-state index contributed by atoms with van der Waals surface area (Å²) in [6.45, 7) is 3.13. The molecule has 4 heterocycles. The molecule has 4 aromatic rings. The van der Waals surface area contributed by atoms with Gasteiger partial charge in [0.05, 0.1) is 17.7 Å². The first-order chi connectivity index (χ1) is 18.6. The molecule has 2 aromatic carbocycles. The van der Waals surface area contributed by atoms with Crippen molar-refractivity contribution in [2.24, 2.45) is 0 Å². The first-order valence-electron chi connectivity index (χ1n) is 12.7. The normalized spacial score (nSPS) is 15.4. The van der Waals surface area contributed by atoms with Crippen LogP contribution in [0.3, 0.4) is 0 Å². The van der Waals surface area contributed by atoms with Crippen LogP contribution in [-0.4, -0.2) is 85.2 Å². The van der Waals surface area contributed by atoms with E-state index in [0.717, 1.165) is 5.56 Å². The third kappa shape index (κ3) is 4.36. The SMILES string of the molecule is O=C(CCCN1C(=O)c2ccccc2C1=O)N1CCN(c2ncnc3c2nnn3Cc2ccccc2)CC1. The van der Waals surface area contributed by atoms with Crippen LogP contribution in [0.1, 0.15) is 39.1 Å². The van der Waals surface area contributed by atoms with Crippen molar-refractivity contribution in [1.82, 2.24) is 34.8 Å². The predicted molar refractivity (Wildman–Crippen MR) is 138 cm³/mol. The fourth-order valence-electron chi connectivity index (χ4n) is 5.03. The minimum atomic E-state index is -0.288. The van der Waals surface area contributed by atoms with E-state index in [9.17, 15) is 14.4 Å². The molecule has 11 nitrogen and oxygen atoms in total. The minimum absolute atomic E-state index is 0.0166. The highest BCUT2D eigenvalue weighted by Gasteiger charge is 2.34. The molecule has 2 aliphatic heterocycles. The summed E-state index contributed by atoms with van der Waals surface area (Å²) in [5, 5.41) is 8.66. The zero-order valence-electron chi connectivity index (χ0n) is 20.7. The highest BCUT2D eigenvalue weighted by molar-refractivity contribution is 6.21. The minimum Gasteiger partial charge on any atom is -0.351 e. The van der Waals surface area contributed by atoms with E-state index in [4.69, 9.17) is 0 Å². The number of aromatic nitrogens is 5. The standard InChI is InChI=1S/C27H26N8O3/c36-22(11-6-12-34-26(37)20-9-4-5-10-21(20)27(34)38)32-13-15-33(16-14-32)24-23-25(29-18-28-24)35(31-30-23)17-19-7-2-1-3-8-19/h1-5,7-10,18H,6,11-17H2. The second-order valence-corrected chi connectivity index (χ2v) is 9.38. The van der Waals surface area contributed by atoms with E-state index in [-0.39, 0.29) is 30.7 Å². The quantitative estimate of drug-likeness (QED) is 0.347. The van der Waals surface area contributed by atoms with Crippen molar-refractivity contribution in [3.8, 4) is 0 Å². The molecule has 192 valence electrons. The molecule has 1 saturated heterocycles. The van der Waals surface area contributed by atoms with Crippen molar-refractivity contribution >= 4 is 34.7 Å².